The molecule has 0 fully saturated rings. The Kier molecular flexibility index (Phi) is 8.11. The van der Waals surface area contributed by atoms with Gasteiger partial charge in [0.15, 0.2) is 0 Å². The Bertz CT molecular complexity index is 66.2. The number of hydrogen-bond acceptors (Lipinski definition) is 1. The third kappa shape index (κ3) is 3.58. The Hall–Kier alpha value is -0.258. The molecule has 0 unspecified atom stereocenters. The Labute approximate surface area is 54.1 Å². The molecule has 0 amide bonds. The van der Waals surface area contributed by atoms with Gasteiger partial charge in [0.1, 0.15) is 0 Å². The van der Waals surface area contributed by atoms with E-state index in [1.54, 1.807) is 18.5 Å². The summed E-state index contributed by atoms with van der Waals surface area (Å²) < 4.78 is 0. The van der Waals surface area contributed by atoms with Crippen LogP contribution in [0, 0.1) is 7.43 Å². The number of hydrogen-bond donors (Lipinski definition) is 0. The molecule has 1 aromatic rings. The van der Waals surface area contributed by atoms with Crippen molar-refractivity contribution in [1.29, 1.82) is 0 Å². The van der Waals surface area contributed by atoms with Crippen LogP contribution in [0.25, 0.3) is 0 Å². The minimum Gasteiger partial charge on any atom is -0.582 e. The van der Waals surface area contributed by atoms with E-state index in [-0.39, 0.29) is 24.8 Å². The Morgan fingerprint density at radius 1 is 1.43 bits per heavy atom. The molecule has 1 rings (SSSR count). The maximum absolute atomic E-state index is 3.47. The molecule has 0 aliphatic carbocycles. The first-order chi connectivity index (χ1) is 2.50. The van der Waals surface area contributed by atoms with Gasteiger partial charge in [-0.1, -0.05) is 6.07 Å². The van der Waals surface area contributed by atoms with E-state index in [1.165, 1.54) is 0 Å². The van der Waals surface area contributed by atoms with Crippen molar-refractivity contribution in [3.8, 4) is 0 Å². The van der Waals surface area contributed by atoms with Gasteiger partial charge in [-0.3, -0.25) is 0 Å². The third-order valence-electron chi connectivity index (χ3n) is 0.372. The van der Waals surface area contributed by atoms with Crippen molar-refractivity contribution in [3.63, 3.8) is 0 Å². The van der Waals surface area contributed by atoms with E-state index in [9.17, 15) is 0 Å². The SMILES string of the molecule is [CH3-].[Cr+2].c1cn[n-]c1. The van der Waals surface area contributed by atoms with Crippen LogP contribution in [0.1, 0.15) is 0 Å². The molecule has 0 aliphatic heterocycles. The standard InChI is InChI=1S/C3H3N2.CH3.Cr/c1-2-4-5-3-1;;/h1-3H;1H3;/q2*-1;+2. The van der Waals surface area contributed by atoms with Gasteiger partial charge < -0.3 is 17.6 Å². The zero-order valence-corrected chi connectivity index (χ0v) is 5.31. The fourth-order valence-corrected chi connectivity index (χ4v) is 0.192. The molecule has 0 aliphatic rings. The van der Waals surface area contributed by atoms with Gasteiger partial charge in [-0.05, 0) is 0 Å². The molecule has 0 bridgehead atoms. The van der Waals surface area contributed by atoms with E-state index in [0.29, 0.717) is 0 Å². The second-order valence-corrected chi connectivity index (χ2v) is 0.722. The number of nitrogens with zero attached hydrogens (tertiary/aromatic N) is 2. The Balaban J connectivity index is 0. The smallest absolute Gasteiger partial charge is 0.582 e. The summed E-state index contributed by atoms with van der Waals surface area (Å²) in [6, 6.07) is 1.78. The van der Waals surface area contributed by atoms with Crippen LogP contribution < -0.4 is 5.10 Å². The third-order valence-corrected chi connectivity index (χ3v) is 0.372. The summed E-state index contributed by atoms with van der Waals surface area (Å²) in [5, 5.41) is 6.94. The van der Waals surface area contributed by atoms with Crippen molar-refractivity contribution in [2.45, 2.75) is 0 Å². The van der Waals surface area contributed by atoms with Crippen LogP contribution in [0.15, 0.2) is 18.5 Å². The van der Waals surface area contributed by atoms with Crippen molar-refractivity contribution >= 4 is 0 Å². The molecule has 0 N–H and O–H groups in total. The maximum atomic E-state index is 3.47. The van der Waals surface area contributed by atoms with Crippen LogP contribution >= 0.6 is 0 Å². The van der Waals surface area contributed by atoms with Crippen LogP contribution in [0.2, 0.25) is 0 Å². The molecule has 7 heavy (non-hydrogen) atoms. The average Bonchev–Trinajstić information content (AvgIpc) is 1.76. The van der Waals surface area contributed by atoms with Crippen molar-refractivity contribution in [3.05, 3.63) is 25.9 Å². The van der Waals surface area contributed by atoms with E-state index in [2.05, 4.69) is 10.2 Å². The van der Waals surface area contributed by atoms with Gasteiger partial charge in [-0.25, -0.2) is 0 Å². The molecule has 38 valence electrons. The molecular formula is C4H6CrN2. The molecule has 1 aromatic heterocycles. The fourth-order valence-electron chi connectivity index (χ4n) is 0.192. The minimum atomic E-state index is 0. The molecule has 3 heteroatoms. The summed E-state index contributed by atoms with van der Waals surface area (Å²) in [5.41, 5.74) is 0. The quantitative estimate of drug-likeness (QED) is 0.483. The molecule has 0 spiro atoms. The molecule has 0 atom stereocenters. The maximum Gasteiger partial charge on any atom is 2.00 e. The Morgan fingerprint density at radius 2 is 2.14 bits per heavy atom. The summed E-state index contributed by atoms with van der Waals surface area (Å²) in [7, 11) is 0. The summed E-state index contributed by atoms with van der Waals surface area (Å²) in [6.07, 6.45) is 3.28. The van der Waals surface area contributed by atoms with Gasteiger partial charge in [0.2, 0.25) is 0 Å². The van der Waals surface area contributed by atoms with Crippen LogP contribution in [0.4, 0.5) is 0 Å². The monoisotopic (exact) mass is 134 g/mol. The van der Waals surface area contributed by atoms with E-state index >= 15 is 0 Å². The molecule has 1 heterocycles. The Morgan fingerprint density at radius 3 is 2.29 bits per heavy atom. The summed E-state index contributed by atoms with van der Waals surface area (Å²) >= 11 is 0. The van der Waals surface area contributed by atoms with Gasteiger partial charge in [-0.15, -0.1) is 0 Å². The zero-order chi connectivity index (χ0) is 3.54. The van der Waals surface area contributed by atoms with Gasteiger partial charge in [-0.2, -0.15) is 6.20 Å². The van der Waals surface area contributed by atoms with Crippen LogP contribution in [0.3, 0.4) is 0 Å². The van der Waals surface area contributed by atoms with E-state index in [1.807, 2.05) is 0 Å². The molecule has 2 nitrogen and oxygen atoms in total. The topological polar surface area (TPSA) is 27.0 Å². The van der Waals surface area contributed by atoms with Crippen molar-refractivity contribution in [2.24, 2.45) is 0 Å². The predicted octanol–water partition coefficient (Wildman–Crippen LogP) is 0.487. The van der Waals surface area contributed by atoms with Crippen molar-refractivity contribution < 1.29 is 17.4 Å². The summed E-state index contributed by atoms with van der Waals surface area (Å²) in [4.78, 5) is 0. The van der Waals surface area contributed by atoms with E-state index in [0.717, 1.165) is 0 Å². The molecule has 0 saturated carbocycles. The van der Waals surface area contributed by atoms with Gasteiger partial charge >= 0.3 is 17.4 Å². The molecule has 0 aromatic carbocycles. The molecular weight excluding hydrogens is 128 g/mol. The van der Waals surface area contributed by atoms with Gasteiger partial charge in [0, 0.05) is 6.20 Å². The first-order valence-electron chi connectivity index (χ1n) is 1.38. The normalized spacial score (nSPS) is 5.71. The first-order valence-corrected chi connectivity index (χ1v) is 1.38. The minimum absolute atomic E-state index is 0. The molecule has 0 radical (unpaired) electrons. The average molecular weight is 134 g/mol. The van der Waals surface area contributed by atoms with Gasteiger partial charge in [0.25, 0.3) is 0 Å². The van der Waals surface area contributed by atoms with Crippen molar-refractivity contribution in [2.75, 3.05) is 0 Å². The van der Waals surface area contributed by atoms with Crippen LogP contribution in [0.5, 0.6) is 0 Å². The van der Waals surface area contributed by atoms with Gasteiger partial charge in [0.05, 0.1) is 0 Å². The van der Waals surface area contributed by atoms with E-state index < -0.39 is 0 Å². The number of aromatic nitrogens is 2. The largest absolute Gasteiger partial charge is 2.00 e. The second kappa shape index (κ2) is 5.74. The van der Waals surface area contributed by atoms with Crippen LogP contribution in [-0.2, 0) is 17.4 Å². The van der Waals surface area contributed by atoms with Crippen LogP contribution in [-0.4, -0.2) is 5.10 Å². The predicted molar refractivity (Wildman–Crippen MR) is 24.0 cm³/mol. The fraction of sp³-hybridized carbons (Fsp3) is 0. The van der Waals surface area contributed by atoms with Crippen molar-refractivity contribution in [1.82, 2.24) is 10.2 Å². The first kappa shape index (κ1) is 9.89. The second-order valence-electron chi connectivity index (χ2n) is 0.722. The molecule has 0 saturated heterocycles. The summed E-state index contributed by atoms with van der Waals surface area (Å²) in [5.74, 6) is 0. The van der Waals surface area contributed by atoms with E-state index in [4.69, 9.17) is 0 Å². The number of rotatable bonds is 0. The zero-order valence-electron chi connectivity index (χ0n) is 4.03. The summed E-state index contributed by atoms with van der Waals surface area (Å²) in [6.45, 7) is 0.